The maximum absolute atomic E-state index is 5.14. The van der Waals surface area contributed by atoms with Gasteiger partial charge in [0.1, 0.15) is 0 Å². The molecule has 2 rings (SSSR count). The highest BCUT2D eigenvalue weighted by molar-refractivity contribution is 7.59. The van der Waals surface area contributed by atoms with Crippen LogP contribution < -0.4 is 10.3 Å². The topological polar surface area (TPSA) is 74.2 Å². The van der Waals surface area contributed by atoms with E-state index in [4.69, 9.17) is 12.6 Å². The molecule has 1 saturated heterocycles. The first kappa shape index (κ1) is 7.92. The quantitative estimate of drug-likeness (QED) is 0.406. The summed E-state index contributed by atoms with van der Waals surface area (Å²) in [6.45, 7) is 0.744. The Balaban J connectivity index is 2.15. The van der Waals surface area contributed by atoms with Gasteiger partial charge in [-0.3, -0.25) is 4.90 Å². The van der Waals surface area contributed by atoms with E-state index >= 15 is 0 Å². The van der Waals surface area contributed by atoms with Crippen LogP contribution in [0.4, 0.5) is 5.95 Å². The zero-order valence-corrected chi connectivity index (χ0v) is 7.30. The number of H-pyrrole nitrogens is 1. The molecule has 7 nitrogen and oxygen atoms in total. The third-order valence-corrected chi connectivity index (χ3v) is 2.08. The Bertz CT molecular complexity index is 248. The number of aromatic amines is 1. The molecule has 0 spiro atoms. The van der Waals surface area contributed by atoms with Crippen LogP contribution in [0.1, 0.15) is 0 Å². The second kappa shape index (κ2) is 2.98. The molecule has 0 saturated carbocycles. The smallest absolute Gasteiger partial charge is 0.366 e. The molecule has 1 fully saturated rings. The fourth-order valence-electron chi connectivity index (χ4n) is 1.15. The minimum absolute atomic E-state index is 0.118. The first-order valence-corrected chi connectivity index (χ1v) is 3.97. The molecule has 0 amide bonds. The maximum Gasteiger partial charge on any atom is 0.366 e. The fraction of sp³-hybridized carbons (Fsp3) is 0.750. The first-order valence-electron chi connectivity index (χ1n) is 3.50. The number of hydrogen-bond acceptors (Lipinski definition) is 6. The van der Waals surface area contributed by atoms with Gasteiger partial charge in [-0.15, -0.1) is 0 Å². The highest BCUT2D eigenvalue weighted by atomic mass is 32.1. The molecule has 0 aromatic carbocycles. The molecular weight excluding hydrogens is 178 g/mol. The summed E-state index contributed by atoms with van der Waals surface area (Å²) in [6.07, 6.45) is 0. The molecule has 8 heteroatoms. The monoisotopic (exact) mass is 187 g/mol. The molecular formula is C4H9N7S. The average molecular weight is 187 g/mol. The molecule has 1 aliphatic heterocycles. The van der Waals surface area contributed by atoms with Gasteiger partial charge in [-0.25, -0.2) is 5.43 Å². The lowest BCUT2D eigenvalue weighted by Gasteiger charge is -2.19. The van der Waals surface area contributed by atoms with Gasteiger partial charge in [0, 0.05) is 12.5 Å². The van der Waals surface area contributed by atoms with Crippen LogP contribution in [0.3, 0.4) is 0 Å². The highest BCUT2D eigenvalue weighted by Crippen LogP contribution is 1.88. The van der Waals surface area contributed by atoms with E-state index in [9.17, 15) is 0 Å². The zero-order valence-electron chi connectivity index (χ0n) is 6.48. The van der Waals surface area contributed by atoms with Crippen molar-refractivity contribution in [2.75, 3.05) is 13.7 Å². The number of aromatic nitrogens is 4. The number of hydrazine groups is 1. The molecule has 2 unspecified atom stereocenters. The number of hydrogen-bond donors (Lipinski definition) is 3. The molecule has 1 aliphatic rings. The number of nitrogens with one attached hydrogen (secondary N) is 3. The van der Waals surface area contributed by atoms with Crippen LogP contribution in [-0.4, -0.2) is 44.8 Å². The van der Waals surface area contributed by atoms with Crippen molar-refractivity contribution in [3.8, 4) is 0 Å². The Morgan fingerprint density at radius 1 is 1.75 bits per heavy atom. The Morgan fingerprint density at radius 2 is 2.58 bits per heavy atom. The molecule has 2 heterocycles. The van der Waals surface area contributed by atoms with Crippen LogP contribution in [0.25, 0.3) is 0 Å². The summed E-state index contributed by atoms with van der Waals surface area (Å²) in [6, 6.07) is 0. The average Bonchev–Trinajstić information content (AvgIpc) is 2.58. The van der Waals surface area contributed by atoms with Crippen molar-refractivity contribution in [3.05, 3.63) is 0 Å². The molecule has 0 radical (unpaired) electrons. The second-order valence-electron chi connectivity index (χ2n) is 2.63. The fourth-order valence-corrected chi connectivity index (χ4v) is 1.51. The van der Waals surface area contributed by atoms with E-state index in [0.29, 0.717) is 5.95 Å². The Labute approximate surface area is 74.5 Å². The zero-order chi connectivity index (χ0) is 8.55. The van der Waals surface area contributed by atoms with Gasteiger partial charge in [0.2, 0.25) is 0 Å². The van der Waals surface area contributed by atoms with E-state index in [1.54, 1.807) is 0 Å². The van der Waals surface area contributed by atoms with Gasteiger partial charge >= 0.3 is 5.95 Å². The molecule has 1 aromatic heterocycles. The lowest BCUT2D eigenvalue weighted by atomic mass is 10.7. The van der Waals surface area contributed by atoms with Gasteiger partial charge in [0.15, 0.2) is 6.67 Å². The lowest BCUT2D eigenvalue weighted by molar-refractivity contribution is -0.840. The summed E-state index contributed by atoms with van der Waals surface area (Å²) in [7, 11) is 1.92. The molecule has 2 atom stereocenters. The SMILES string of the molecule is CN1C[NH+](c2nn[nH]n2)C([S-])N1. The summed E-state index contributed by atoms with van der Waals surface area (Å²) >= 11 is 5.14. The normalized spacial score (nSPS) is 31.2. The molecule has 12 heavy (non-hydrogen) atoms. The number of nitrogens with zero attached hydrogens (tertiary/aromatic N) is 4. The van der Waals surface area contributed by atoms with E-state index < -0.39 is 0 Å². The highest BCUT2D eigenvalue weighted by Gasteiger charge is 2.27. The molecule has 1 aromatic rings. The lowest BCUT2D eigenvalue weighted by Crippen LogP contribution is -3.10. The summed E-state index contributed by atoms with van der Waals surface area (Å²) < 4.78 is 0. The third-order valence-electron chi connectivity index (χ3n) is 1.69. The summed E-state index contributed by atoms with van der Waals surface area (Å²) in [5.74, 6) is 0.604. The van der Waals surface area contributed by atoms with Crippen molar-refractivity contribution in [1.29, 1.82) is 0 Å². The standard InChI is InChI=1S/C4H9N7S/c1-10-2-11(4(12)7-10)3-5-8-9-6-3/h4,7,12H,2H2,1H3,(H,5,6,8,9). The van der Waals surface area contributed by atoms with Crippen LogP contribution in [-0.2, 0) is 12.6 Å². The second-order valence-corrected chi connectivity index (χ2v) is 3.10. The third kappa shape index (κ3) is 1.29. The Morgan fingerprint density at radius 3 is 3.08 bits per heavy atom. The van der Waals surface area contributed by atoms with E-state index in [1.165, 1.54) is 0 Å². The van der Waals surface area contributed by atoms with Crippen LogP contribution in [0.2, 0.25) is 0 Å². The van der Waals surface area contributed by atoms with Gasteiger partial charge in [-0.1, -0.05) is 10.2 Å². The first-order chi connectivity index (χ1) is 5.77. The minimum atomic E-state index is -0.118. The van der Waals surface area contributed by atoms with Crippen LogP contribution in [0, 0.1) is 0 Å². The molecule has 66 valence electrons. The van der Waals surface area contributed by atoms with E-state index in [2.05, 4.69) is 26.0 Å². The van der Waals surface area contributed by atoms with E-state index in [-0.39, 0.29) is 5.50 Å². The summed E-state index contributed by atoms with van der Waals surface area (Å²) in [4.78, 5) is 0.987. The van der Waals surface area contributed by atoms with E-state index in [1.807, 2.05) is 12.1 Å². The van der Waals surface area contributed by atoms with Crippen LogP contribution >= 0.6 is 0 Å². The minimum Gasteiger partial charge on any atom is -0.709 e. The predicted octanol–water partition coefficient (Wildman–Crippen LogP) is -3.05. The van der Waals surface area contributed by atoms with E-state index in [0.717, 1.165) is 11.6 Å². The van der Waals surface area contributed by atoms with Crippen molar-refractivity contribution in [2.24, 2.45) is 0 Å². The van der Waals surface area contributed by atoms with Crippen molar-refractivity contribution in [1.82, 2.24) is 31.1 Å². The summed E-state index contributed by atoms with van der Waals surface area (Å²) in [5, 5.41) is 15.5. The maximum atomic E-state index is 5.14. The number of rotatable bonds is 1. The molecule has 0 bridgehead atoms. The molecule has 0 aliphatic carbocycles. The number of tetrazole rings is 1. The van der Waals surface area contributed by atoms with Crippen LogP contribution in [0.15, 0.2) is 0 Å². The van der Waals surface area contributed by atoms with Gasteiger partial charge in [0.05, 0.1) is 0 Å². The van der Waals surface area contributed by atoms with Crippen molar-refractivity contribution in [3.63, 3.8) is 0 Å². The van der Waals surface area contributed by atoms with Crippen molar-refractivity contribution < 1.29 is 4.90 Å². The predicted molar refractivity (Wildman–Crippen MR) is 41.7 cm³/mol. The van der Waals surface area contributed by atoms with Gasteiger partial charge in [-0.2, -0.15) is 10.2 Å². The largest absolute Gasteiger partial charge is 0.709 e. The Hall–Kier alpha value is -0.700. The van der Waals surface area contributed by atoms with Crippen molar-refractivity contribution in [2.45, 2.75) is 5.50 Å². The van der Waals surface area contributed by atoms with Crippen LogP contribution in [0.5, 0.6) is 0 Å². The summed E-state index contributed by atoms with van der Waals surface area (Å²) in [5.41, 5.74) is 2.93. The molecule has 3 N–H and O–H groups in total. The van der Waals surface area contributed by atoms with Crippen molar-refractivity contribution >= 4 is 18.6 Å². The Kier molecular flexibility index (Phi) is 1.97. The van der Waals surface area contributed by atoms with Gasteiger partial charge in [0.25, 0.3) is 0 Å². The van der Waals surface area contributed by atoms with Gasteiger partial charge in [-0.05, 0) is 5.21 Å². The van der Waals surface area contributed by atoms with Gasteiger partial charge < -0.3 is 12.6 Å². The number of quaternary nitrogens is 1.